The number of halogens is 1. The summed E-state index contributed by atoms with van der Waals surface area (Å²) in [5.41, 5.74) is 1.62. The van der Waals surface area contributed by atoms with Crippen LogP contribution in [-0.2, 0) is 0 Å². The van der Waals surface area contributed by atoms with E-state index in [0.29, 0.717) is 38.8 Å². The van der Waals surface area contributed by atoms with Crippen molar-refractivity contribution < 1.29 is 23.9 Å². The minimum absolute atomic E-state index is 0.285. The maximum atomic E-state index is 14.8. The van der Waals surface area contributed by atoms with Crippen molar-refractivity contribution in [2.45, 2.75) is 18.0 Å². The molecule has 1 fully saturated rings. The van der Waals surface area contributed by atoms with Gasteiger partial charge in [0.15, 0.2) is 17.3 Å². The molecule has 0 radical (unpaired) electrons. The monoisotopic (exact) mass is 575 g/mol. The summed E-state index contributed by atoms with van der Waals surface area (Å²) in [7, 11) is 3.08. The van der Waals surface area contributed by atoms with Crippen LogP contribution >= 0.6 is 11.6 Å². The largest absolute Gasteiger partial charge is 0.497 e. The highest BCUT2D eigenvalue weighted by molar-refractivity contribution is 6.35. The molecule has 2 heterocycles. The molecule has 2 aliphatic heterocycles. The normalized spacial score (nSPS) is 21.2. The Morgan fingerprint density at radius 2 is 1.50 bits per heavy atom. The summed E-state index contributed by atoms with van der Waals surface area (Å²) in [6.45, 7) is 0. The van der Waals surface area contributed by atoms with Crippen molar-refractivity contribution in [1.29, 1.82) is 0 Å². The van der Waals surface area contributed by atoms with E-state index in [1.54, 1.807) is 73.8 Å². The van der Waals surface area contributed by atoms with Gasteiger partial charge in [0.1, 0.15) is 23.0 Å². The van der Waals surface area contributed by atoms with Crippen molar-refractivity contribution in [1.82, 2.24) is 0 Å². The van der Waals surface area contributed by atoms with Gasteiger partial charge in [0.2, 0.25) is 0 Å². The van der Waals surface area contributed by atoms with Crippen LogP contribution < -0.4 is 14.4 Å². The molecule has 0 bridgehead atoms. The number of carbonyl (C=O) groups is 3. The van der Waals surface area contributed by atoms with Crippen LogP contribution in [0.4, 0.5) is 5.69 Å². The fraction of sp³-hybridized carbons (Fsp3) is 0.171. The molecule has 208 valence electrons. The lowest BCUT2D eigenvalue weighted by Crippen LogP contribution is -2.48. The van der Waals surface area contributed by atoms with Gasteiger partial charge < -0.3 is 14.4 Å². The molecule has 42 heavy (non-hydrogen) atoms. The summed E-state index contributed by atoms with van der Waals surface area (Å²) < 4.78 is 11.3. The molecular formula is C35H26ClNO5. The van der Waals surface area contributed by atoms with Crippen LogP contribution in [0.25, 0.3) is 6.08 Å². The lowest BCUT2D eigenvalue weighted by atomic mass is 9.64. The third kappa shape index (κ3) is 3.42. The Hall–Kier alpha value is -4.68. The second kappa shape index (κ2) is 9.71. The highest BCUT2D eigenvalue weighted by atomic mass is 35.5. The van der Waals surface area contributed by atoms with Gasteiger partial charge >= 0.3 is 0 Å². The van der Waals surface area contributed by atoms with Crippen molar-refractivity contribution in [3.8, 4) is 11.5 Å². The van der Waals surface area contributed by atoms with E-state index >= 15 is 0 Å². The third-order valence-electron chi connectivity index (χ3n) is 8.90. The molecular weight excluding hydrogens is 550 g/mol. The van der Waals surface area contributed by atoms with Crippen molar-refractivity contribution in [3.63, 3.8) is 0 Å². The van der Waals surface area contributed by atoms with Gasteiger partial charge in [-0.05, 0) is 29.8 Å². The molecule has 4 aromatic rings. The molecule has 6 nitrogen and oxygen atoms in total. The number of ketones is 3. The quantitative estimate of drug-likeness (QED) is 0.195. The Labute approximate surface area is 248 Å². The van der Waals surface area contributed by atoms with Crippen LogP contribution in [0.15, 0.2) is 97.1 Å². The Morgan fingerprint density at radius 3 is 2.19 bits per heavy atom. The molecule has 0 saturated carbocycles. The number of para-hydroxylation sites is 1. The van der Waals surface area contributed by atoms with Gasteiger partial charge in [0.25, 0.3) is 0 Å². The molecule has 7 rings (SSSR count). The van der Waals surface area contributed by atoms with Gasteiger partial charge in [-0.25, -0.2) is 0 Å². The lowest BCUT2D eigenvalue weighted by Gasteiger charge is -2.37. The molecule has 0 amide bonds. The van der Waals surface area contributed by atoms with Crippen LogP contribution in [0.1, 0.15) is 48.1 Å². The molecule has 1 spiro atoms. The second-order valence-corrected chi connectivity index (χ2v) is 11.1. The minimum Gasteiger partial charge on any atom is -0.497 e. The van der Waals surface area contributed by atoms with Crippen molar-refractivity contribution >= 4 is 40.7 Å². The summed E-state index contributed by atoms with van der Waals surface area (Å²) in [5.74, 6) is -0.849. The molecule has 3 aliphatic rings. The van der Waals surface area contributed by atoms with Crippen LogP contribution in [0.3, 0.4) is 0 Å². The number of carbonyl (C=O) groups excluding carboxylic acids is 3. The minimum atomic E-state index is -1.64. The first kappa shape index (κ1) is 26.2. The van der Waals surface area contributed by atoms with Gasteiger partial charge in [-0.15, -0.1) is 0 Å². The van der Waals surface area contributed by atoms with Gasteiger partial charge in [-0.1, -0.05) is 84.4 Å². The molecule has 0 N–H and O–H groups in total. The maximum Gasteiger partial charge on any atom is 0.187 e. The van der Waals surface area contributed by atoms with E-state index < -0.39 is 23.4 Å². The highest BCUT2D eigenvalue weighted by Gasteiger charge is 2.72. The number of rotatable bonds is 5. The number of anilines is 1. The van der Waals surface area contributed by atoms with Crippen molar-refractivity contribution in [2.75, 3.05) is 19.1 Å². The Kier molecular flexibility index (Phi) is 6.06. The van der Waals surface area contributed by atoms with E-state index in [2.05, 4.69) is 0 Å². The summed E-state index contributed by atoms with van der Waals surface area (Å²) in [4.78, 5) is 46.4. The number of hydrogen-bond donors (Lipinski definition) is 0. The fourth-order valence-electron chi connectivity index (χ4n) is 7.16. The zero-order valence-corrected chi connectivity index (χ0v) is 23.7. The van der Waals surface area contributed by atoms with Crippen LogP contribution in [0.2, 0.25) is 5.02 Å². The first-order valence-electron chi connectivity index (χ1n) is 13.7. The second-order valence-electron chi connectivity index (χ2n) is 10.7. The third-order valence-corrected chi connectivity index (χ3v) is 9.23. The Balaban J connectivity index is 1.58. The number of ether oxygens (including phenoxy) is 2. The zero-order chi connectivity index (χ0) is 29.2. The number of fused-ring (bicyclic) bond motifs is 5. The number of benzene rings is 4. The summed E-state index contributed by atoms with van der Waals surface area (Å²) in [5, 5.41) is 0.300. The number of methoxy groups -OCH3 is 2. The summed E-state index contributed by atoms with van der Waals surface area (Å²) in [6, 6.07) is 25.1. The van der Waals surface area contributed by atoms with E-state index in [-0.39, 0.29) is 17.3 Å². The number of nitrogens with zero attached hydrogens (tertiary/aromatic N) is 1. The lowest BCUT2D eigenvalue weighted by molar-refractivity contribution is 0.0665. The molecule has 7 heteroatoms. The van der Waals surface area contributed by atoms with Gasteiger partial charge in [-0.2, -0.15) is 0 Å². The van der Waals surface area contributed by atoms with Crippen molar-refractivity contribution in [2.24, 2.45) is 5.41 Å². The Morgan fingerprint density at radius 1 is 0.833 bits per heavy atom. The van der Waals surface area contributed by atoms with Crippen LogP contribution in [-0.4, -0.2) is 43.7 Å². The predicted octanol–water partition coefficient (Wildman–Crippen LogP) is 6.67. The standard InChI is InChI=1S/C35H26ClNO5/c1-41-21-16-17-25(28(19-21)42-2)30-31(32(38)24-12-6-7-13-26(24)36)37-27-14-8-3-9-20(27)15-18-29(37)35(30)33(39)22-10-4-5-11-23(22)34(35)40/h3-19,29-31H,1-2H3/t29-,30+,31+/m0/s1. The van der Waals surface area contributed by atoms with E-state index in [4.69, 9.17) is 21.1 Å². The van der Waals surface area contributed by atoms with Crippen LogP contribution in [0.5, 0.6) is 11.5 Å². The van der Waals surface area contributed by atoms with E-state index in [1.807, 2.05) is 41.3 Å². The van der Waals surface area contributed by atoms with Crippen molar-refractivity contribution in [3.05, 3.63) is 130 Å². The SMILES string of the molecule is COc1ccc([C@@H]2[C@H](C(=O)c3ccccc3Cl)N3c4ccccc4C=C[C@H]3C23C(=O)c2ccccc2C3=O)c(OC)c1. The average Bonchev–Trinajstić information content (AvgIpc) is 3.46. The van der Waals surface area contributed by atoms with Gasteiger partial charge in [0, 0.05) is 39.9 Å². The summed E-state index contributed by atoms with van der Waals surface area (Å²) >= 11 is 6.62. The van der Waals surface area contributed by atoms with Crippen LogP contribution in [0, 0.1) is 5.41 Å². The zero-order valence-electron chi connectivity index (χ0n) is 22.9. The average molecular weight is 576 g/mol. The first-order chi connectivity index (χ1) is 20.4. The molecule has 1 aliphatic carbocycles. The van der Waals surface area contributed by atoms with E-state index in [1.165, 1.54) is 7.11 Å². The molecule has 0 unspecified atom stereocenters. The highest BCUT2D eigenvalue weighted by Crippen LogP contribution is 2.62. The summed E-state index contributed by atoms with van der Waals surface area (Å²) in [6.07, 6.45) is 3.83. The smallest absolute Gasteiger partial charge is 0.187 e. The van der Waals surface area contributed by atoms with Gasteiger partial charge in [0.05, 0.1) is 25.3 Å². The molecule has 4 aromatic carbocycles. The maximum absolute atomic E-state index is 14.8. The van der Waals surface area contributed by atoms with E-state index in [9.17, 15) is 14.4 Å². The topological polar surface area (TPSA) is 72.9 Å². The van der Waals surface area contributed by atoms with Gasteiger partial charge in [-0.3, -0.25) is 14.4 Å². The fourth-order valence-corrected chi connectivity index (χ4v) is 7.39. The number of hydrogen-bond acceptors (Lipinski definition) is 6. The van der Waals surface area contributed by atoms with E-state index in [0.717, 1.165) is 11.3 Å². The first-order valence-corrected chi connectivity index (χ1v) is 14.1. The molecule has 3 atom stereocenters. The molecule has 1 saturated heterocycles. The predicted molar refractivity (Wildman–Crippen MR) is 161 cm³/mol. The Bertz CT molecular complexity index is 1790. The molecule has 0 aromatic heterocycles. The number of Topliss-reactive ketones (excluding diaryl/α,β-unsaturated/α-hetero) is 3.